The number of hydrogen-bond acceptors (Lipinski definition) is 4. The summed E-state index contributed by atoms with van der Waals surface area (Å²) in [6.45, 7) is 3.43. The van der Waals surface area contributed by atoms with Crippen LogP contribution in [0.5, 0.6) is 0 Å². The molecule has 4 rings (SSSR count). The van der Waals surface area contributed by atoms with Gasteiger partial charge < -0.3 is 20.6 Å². The number of benzene rings is 3. The zero-order chi connectivity index (χ0) is 27.1. The Hall–Kier alpha value is -3.26. The summed E-state index contributed by atoms with van der Waals surface area (Å²) >= 11 is 6.08. The molecule has 1 aliphatic rings. The lowest BCUT2D eigenvalue weighted by Crippen LogP contribution is -2.51. The van der Waals surface area contributed by atoms with Crippen molar-refractivity contribution in [1.82, 2.24) is 10.2 Å². The molecule has 1 heterocycles. The average Bonchev–Trinajstić information content (AvgIpc) is 2.90. The fourth-order valence-corrected chi connectivity index (χ4v) is 5.03. The van der Waals surface area contributed by atoms with E-state index in [1.165, 1.54) is 19.1 Å². The Balaban J connectivity index is 1.38. The maximum Gasteiger partial charge on any atom is 0.319 e. The third-order valence-corrected chi connectivity index (χ3v) is 7.33. The highest BCUT2D eigenvalue weighted by Gasteiger charge is 2.34. The van der Waals surface area contributed by atoms with Crippen molar-refractivity contribution in [3.8, 4) is 0 Å². The first kappa shape index (κ1) is 27.8. The van der Waals surface area contributed by atoms with Crippen LogP contribution in [0.2, 0.25) is 5.02 Å². The molecule has 1 aliphatic heterocycles. The van der Waals surface area contributed by atoms with Gasteiger partial charge in [0, 0.05) is 22.8 Å². The van der Waals surface area contributed by atoms with Crippen molar-refractivity contribution in [3.05, 3.63) is 100 Å². The van der Waals surface area contributed by atoms with E-state index >= 15 is 0 Å². The summed E-state index contributed by atoms with van der Waals surface area (Å²) in [4.78, 5) is 26.5. The summed E-state index contributed by atoms with van der Waals surface area (Å²) < 4.78 is 13.2. The van der Waals surface area contributed by atoms with E-state index in [9.17, 15) is 19.1 Å². The van der Waals surface area contributed by atoms with Gasteiger partial charge in [0.15, 0.2) is 5.78 Å². The van der Waals surface area contributed by atoms with Crippen molar-refractivity contribution in [1.29, 1.82) is 0 Å². The smallest absolute Gasteiger partial charge is 0.319 e. The van der Waals surface area contributed by atoms with Gasteiger partial charge in [-0.25, -0.2) is 9.18 Å². The first-order valence-corrected chi connectivity index (χ1v) is 13.2. The number of nitrogens with zero attached hydrogens (tertiary/aromatic N) is 1. The van der Waals surface area contributed by atoms with Gasteiger partial charge in [-0.3, -0.25) is 4.79 Å². The van der Waals surface area contributed by atoms with Gasteiger partial charge in [0.05, 0.1) is 6.54 Å². The van der Waals surface area contributed by atoms with Gasteiger partial charge in [0.1, 0.15) is 11.4 Å². The molecule has 38 heavy (non-hydrogen) atoms. The zero-order valence-electron chi connectivity index (χ0n) is 21.4. The molecule has 0 spiro atoms. The molecule has 0 saturated carbocycles. The van der Waals surface area contributed by atoms with E-state index in [2.05, 4.69) is 15.5 Å². The molecule has 0 aliphatic carbocycles. The van der Waals surface area contributed by atoms with Crippen LogP contribution >= 0.6 is 11.6 Å². The number of piperidine rings is 1. The second kappa shape index (κ2) is 12.5. The topological polar surface area (TPSA) is 81.7 Å². The van der Waals surface area contributed by atoms with Gasteiger partial charge in [-0.1, -0.05) is 48.0 Å². The second-order valence-electron chi connectivity index (χ2n) is 10.0. The van der Waals surface area contributed by atoms with Crippen LogP contribution in [0.1, 0.15) is 41.3 Å². The number of anilines is 1. The quantitative estimate of drug-likeness (QED) is 0.308. The molecule has 0 bridgehead atoms. The molecule has 0 unspecified atom stereocenters. The number of aliphatic hydroxyl groups is 1. The number of urea groups is 1. The van der Waals surface area contributed by atoms with Crippen molar-refractivity contribution in [2.75, 3.05) is 31.5 Å². The Bertz CT molecular complexity index is 1240. The highest BCUT2D eigenvalue weighted by Crippen LogP contribution is 2.28. The Morgan fingerprint density at radius 2 is 1.74 bits per heavy atom. The molecule has 1 fully saturated rings. The van der Waals surface area contributed by atoms with Gasteiger partial charge in [0.25, 0.3) is 0 Å². The SMILES string of the molecule is CC(=O)c1cccc(NC(=O)NC[C@](O)(CN2CCC(Cc3ccc(F)cc3)CC2)c2ccc(Cl)cc2)c1. The normalized spacial score (nSPS) is 16.0. The molecular formula is C30H33ClFN3O3. The van der Waals surface area contributed by atoms with Crippen molar-refractivity contribution in [2.24, 2.45) is 5.92 Å². The van der Waals surface area contributed by atoms with E-state index < -0.39 is 11.6 Å². The molecule has 3 aromatic carbocycles. The molecule has 0 radical (unpaired) electrons. The molecule has 0 aromatic heterocycles. The number of halogens is 2. The first-order valence-electron chi connectivity index (χ1n) is 12.8. The average molecular weight is 538 g/mol. The number of carbonyl (C=O) groups excluding carboxylic acids is 2. The minimum atomic E-state index is -1.34. The number of Topliss-reactive ketones (excluding diaryl/α,β-unsaturated/α-hetero) is 1. The Morgan fingerprint density at radius 1 is 1.05 bits per heavy atom. The van der Waals surface area contributed by atoms with E-state index in [1.54, 1.807) is 48.5 Å². The molecule has 2 amide bonds. The molecule has 1 atom stereocenters. The van der Waals surface area contributed by atoms with Crippen molar-refractivity contribution >= 4 is 29.1 Å². The number of hydrogen-bond donors (Lipinski definition) is 3. The van der Waals surface area contributed by atoms with Crippen molar-refractivity contribution in [2.45, 2.75) is 31.8 Å². The molecule has 3 aromatic rings. The van der Waals surface area contributed by atoms with E-state index in [4.69, 9.17) is 11.6 Å². The summed E-state index contributed by atoms with van der Waals surface area (Å²) in [7, 11) is 0. The Morgan fingerprint density at radius 3 is 2.39 bits per heavy atom. The van der Waals surface area contributed by atoms with Crippen LogP contribution < -0.4 is 10.6 Å². The van der Waals surface area contributed by atoms with Crippen molar-refractivity contribution in [3.63, 3.8) is 0 Å². The van der Waals surface area contributed by atoms with Gasteiger partial charge in [0.2, 0.25) is 0 Å². The van der Waals surface area contributed by atoms with Gasteiger partial charge in [-0.15, -0.1) is 0 Å². The monoisotopic (exact) mass is 537 g/mol. The molecular weight excluding hydrogens is 505 g/mol. The Kier molecular flexibility index (Phi) is 9.15. The summed E-state index contributed by atoms with van der Waals surface area (Å²) in [6.07, 6.45) is 2.84. The molecule has 200 valence electrons. The first-order chi connectivity index (χ1) is 18.2. The van der Waals surface area contributed by atoms with Crippen LogP contribution in [0.25, 0.3) is 0 Å². The molecule has 1 saturated heterocycles. The fourth-order valence-electron chi connectivity index (χ4n) is 4.90. The van der Waals surface area contributed by atoms with E-state index in [1.807, 2.05) is 12.1 Å². The fraction of sp³-hybridized carbons (Fsp3) is 0.333. The standard InChI is InChI=1S/C30H33ClFN3O3/c1-21(36)24-3-2-4-28(18-24)34-29(37)33-19-30(38,25-7-9-26(31)10-8-25)20-35-15-13-23(14-16-35)17-22-5-11-27(32)12-6-22/h2-12,18,23,38H,13-17,19-20H2,1H3,(H2,33,34,37)/t30-/m0/s1. The maximum absolute atomic E-state index is 13.2. The number of β-amino-alcohol motifs (C(OH)–C–C–N with tert-alkyl or cyclic N) is 1. The van der Waals surface area contributed by atoms with Crippen LogP contribution in [0.3, 0.4) is 0 Å². The van der Waals surface area contributed by atoms with Crippen molar-refractivity contribution < 1.29 is 19.1 Å². The zero-order valence-corrected chi connectivity index (χ0v) is 22.2. The Labute approximate surface area is 227 Å². The lowest BCUT2D eigenvalue weighted by Gasteiger charge is -2.38. The number of nitrogens with one attached hydrogen (secondary N) is 2. The van der Waals surface area contributed by atoms with Gasteiger partial charge in [-0.2, -0.15) is 0 Å². The summed E-state index contributed by atoms with van der Waals surface area (Å²) in [5, 5.41) is 17.9. The summed E-state index contributed by atoms with van der Waals surface area (Å²) in [6, 6.07) is 19.9. The predicted molar refractivity (Wildman–Crippen MR) is 148 cm³/mol. The lowest BCUT2D eigenvalue weighted by atomic mass is 9.88. The lowest BCUT2D eigenvalue weighted by molar-refractivity contribution is -0.00682. The minimum Gasteiger partial charge on any atom is -0.382 e. The third kappa shape index (κ3) is 7.63. The highest BCUT2D eigenvalue weighted by molar-refractivity contribution is 6.30. The number of ketones is 1. The third-order valence-electron chi connectivity index (χ3n) is 7.08. The van der Waals surface area contributed by atoms with E-state index in [-0.39, 0.29) is 18.1 Å². The van der Waals surface area contributed by atoms with Crippen LogP contribution in [-0.4, -0.2) is 48.0 Å². The van der Waals surface area contributed by atoms with Gasteiger partial charge in [-0.05, 0) is 92.7 Å². The number of rotatable bonds is 9. The van der Waals surface area contributed by atoms with E-state index in [0.717, 1.165) is 37.9 Å². The molecule has 3 N–H and O–H groups in total. The summed E-state index contributed by atoms with van der Waals surface area (Å²) in [5.41, 5.74) is 1.45. The predicted octanol–water partition coefficient (Wildman–Crippen LogP) is 5.65. The highest BCUT2D eigenvalue weighted by atomic mass is 35.5. The molecule has 8 heteroatoms. The van der Waals surface area contributed by atoms with Gasteiger partial charge >= 0.3 is 6.03 Å². The maximum atomic E-state index is 13.2. The number of carbonyl (C=O) groups is 2. The largest absolute Gasteiger partial charge is 0.382 e. The number of likely N-dealkylation sites (tertiary alicyclic amines) is 1. The van der Waals surface area contributed by atoms with Crippen LogP contribution in [0.15, 0.2) is 72.8 Å². The minimum absolute atomic E-state index is 0.0115. The molecule has 6 nitrogen and oxygen atoms in total. The number of amides is 2. The summed E-state index contributed by atoms with van der Waals surface area (Å²) in [5.74, 6) is 0.180. The van der Waals surface area contributed by atoms with Crippen LogP contribution in [-0.2, 0) is 12.0 Å². The van der Waals surface area contributed by atoms with E-state index in [0.29, 0.717) is 34.3 Å². The van der Waals surface area contributed by atoms with Crippen LogP contribution in [0.4, 0.5) is 14.9 Å². The second-order valence-corrected chi connectivity index (χ2v) is 10.5. The van der Waals surface area contributed by atoms with Crippen LogP contribution in [0, 0.1) is 11.7 Å².